The van der Waals surface area contributed by atoms with Gasteiger partial charge in [0.15, 0.2) is 0 Å². The van der Waals surface area contributed by atoms with Gasteiger partial charge in [-0.15, -0.1) is 0 Å². The van der Waals surface area contributed by atoms with E-state index < -0.39 is 4.92 Å². The van der Waals surface area contributed by atoms with E-state index >= 15 is 0 Å². The third-order valence-electron chi connectivity index (χ3n) is 3.46. The minimum atomic E-state index is -0.451. The highest BCUT2D eigenvalue weighted by Gasteiger charge is 2.12. The number of non-ortho nitro benzene ring substituents is 1. The molecule has 6 nitrogen and oxygen atoms in total. The van der Waals surface area contributed by atoms with Crippen LogP contribution in [0.25, 0.3) is 0 Å². The van der Waals surface area contributed by atoms with Crippen LogP contribution in [0.4, 0.5) is 11.4 Å². The van der Waals surface area contributed by atoms with E-state index in [-0.39, 0.29) is 11.6 Å². The van der Waals surface area contributed by atoms with Gasteiger partial charge in [-0.3, -0.25) is 14.9 Å². The predicted octanol–water partition coefficient (Wildman–Crippen LogP) is 3.71. The zero-order valence-corrected chi connectivity index (χ0v) is 14.0. The van der Waals surface area contributed by atoms with Crippen LogP contribution in [-0.4, -0.2) is 29.3 Å². The van der Waals surface area contributed by atoms with Crippen molar-refractivity contribution in [3.63, 3.8) is 0 Å². The molecule has 0 fully saturated rings. The maximum Gasteiger partial charge on any atom is 0.269 e. The molecule has 0 saturated heterocycles. The van der Waals surface area contributed by atoms with Crippen molar-refractivity contribution in [1.82, 2.24) is 4.90 Å². The molecule has 0 radical (unpaired) electrons. The van der Waals surface area contributed by atoms with Crippen molar-refractivity contribution in [2.75, 3.05) is 18.9 Å². The summed E-state index contributed by atoms with van der Waals surface area (Å²) in [6.45, 7) is 0.941. The largest absolute Gasteiger partial charge is 0.326 e. The van der Waals surface area contributed by atoms with Crippen LogP contribution < -0.4 is 5.32 Å². The van der Waals surface area contributed by atoms with E-state index in [0.717, 1.165) is 5.69 Å². The molecule has 0 saturated carbocycles. The van der Waals surface area contributed by atoms with Gasteiger partial charge >= 0.3 is 0 Å². The van der Waals surface area contributed by atoms with Crippen LogP contribution in [0.2, 0.25) is 5.02 Å². The number of nitro benzene ring substituents is 1. The lowest BCUT2D eigenvalue weighted by Crippen LogP contribution is -2.24. The molecule has 24 heavy (non-hydrogen) atoms. The molecule has 126 valence electrons. The lowest BCUT2D eigenvalue weighted by Gasteiger charge is -2.17. The molecule has 0 aliphatic carbocycles. The Kier molecular flexibility index (Phi) is 6.28. The van der Waals surface area contributed by atoms with Gasteiger partial charge in [0.05, 0.1) is 4.92 Å². The van der Waals surface area contributed by atoms with Gasteiger partial charge in [-0.05, 0) is 30.8 Å². The predicted molar refractivity (Wildman–Crippen MR) is 94.1 cm³/mol. The number of para-hydroxylation sites is 1. The number of hydrogen-bond acceptors (Lipinski definition) is 4. The Hall–Kier alpha value is -2.44. The summed E-state index contributed by atoms with van der Waals surface area (Å²) in [7, 11) is 1.84. The number of rotatable bonds is 7. The van der Waals surface area contributed by atoms with Crippen molar-refractivity contribution in [1.29, 1.82) is 0 Å². The third-order valence-corrected chi connectivity index (χ3v) is 3.83. The molecule has 0 atom stereocenters. The van der Waals surface area contributed by atoms with Crippen LogP contribution in [0.3, 0.4) is 0 Å². The summed E-state index contributed by atoms with van der Waals surface area (Å²) < 4.78 is 0. The van der Waals surface area contributed by atoms with Crippen molar-refractivity contribution in [3.8, 4) is 0 Å². The van der Waals surface area contributed by atoms with Gasteiger partial charge in [0.2, 0.25) is 5.91 Å². The van der Waals surface area contributed by atoms with Gasteiger partial charge in [-0.25, -0.2) is 0 Å². The number of carbonyl (C=O) groups is 1. The average molecular weight is 348 g/mol. The summed E-state index contributed by atoms with van der Waals surface area (Å²) in [5.41, 5.74) is 1.42. The summed E-state index contributed by atoms with van der Waals surface area (Å²) >= 11 is 6.09. The first-order chi connectivity index (χ1) is 11.5. The number of nitrogens with one attached hydrogen (secondary N) is 1. The average Bonchev–Trinajstić information content (AvgIpc) is 2.56. The highest BCUT2D eigenvalue weighted by molar-refractivity contribution is 6.31. The number of carbonyl (C=O) groups excluding carboxylic acids is 1. The maximum absolute atomic E-state index is 11.9. The lowest BCUT2D eigenvalue weighted by molar-refractivity contribution is -0.384. The fourth-order valence-corrected chi connectivity index (χ4v) is 2.38. The van der Waals surface area contributed by atoms with Gasteiger partial charge < -0.3 is 10.2 Å². The van der Waals surface area contributed by atoms with Gasteiger partial charge in [0.1, 0.15) is 0 Å². The van der Waals surface area contributed by atoms with Crippen LogP contribution in [0.5, 0.6) is 0 Å². The van der Waals surface area contributed by atoms with E-state index in [4.69, 9.17) is 11.6 Å². The molecular weight excluding hydrogens is 330 g/mol. The van der Waals surface area contributed by atoms with Crippen LogP contribution in [-0.2, 0) is 11.3 Å². The van der Waals surface area contributed by atoms with Crippen LogP contribution in [0.1, 0.15) is 12.0 Å². The topological polar surface area (TPSA) is 75.5 Å². The van der Waals surface area contributed by atoms with Gasteiger partial charge in [-0.1, -0.05) is 29.8 Å². The number of amides is 1. The minimum Gasteiger partial charge on any atom is -0.326 e. The number of benzene rings is 2. The minimum absolute atomic E-state index is 0.00428. The van der Waals surface area contributed by atoms with E-state index in [1.165, 1.54) is 18.2 Å². The Balaban J connectivity index is 1.87. The fraction of sp³-hybridized carbons (Fsp3) is 0.235. The monoisotopic (exact) mass is 347 g/mol. The van der Waals surface area contributed by atoms with Crippen molar-refractivity contribution in [2.45, 2.75) is 13.0 Å². The van der Waals surface area contributed by atoms with E-state index in [2.05, 4.69) is 5.32 Å². The standard InChI is InChI=1S/C17H18ClN3O3/c1-20(10-9-17(22)19-14-5-3-2-4-6-14)12-13-11-15(21(23)24)7-8-16(13)18/h2-8,11H,9-10,12H2,1H3,(H,19,22). The van der Waals surface area contributed by atoms with E-state index in [0.29, 0.717) is 30.1 Å². The molecule has 1 N–H and O–H groups in total. The molecule has 2 aromatic carbocycles. The first kappa shape index (κ1) is 17.9. The van der Waals surface area contributed by atoms with Crippen LogP contribution in [0, 0.1) is 10.1 Å². The molecule has 2 rings (SSSR count). The molecule has 0 spiro atoms. The lowest BCUT2D eigenvalue weighted by atomic mass is 10.2. The fourth-order valence-electron chi connectivity index (χ4n) is 2.20. The molecule has 0 aromatic heterocycles. The first-order valence-corrected chi connectivity index (χ1v) is 7.80. The molecule has 0 bridgehead atoms. The third kappa shape index (κ3) is 5.33. The summed E-state index contributed by atoms with van der Waals surface area (Å²) in [4.78, 5) is 24.2. The molecule has 7 heteroatoms. The zero-order chi connectivity index (χ0) is 17.5. The van der Waals surface area contributed by atoms with E-state index in [1.54, 1.807) is 0 Å². The second-order valence-electron chi connectivity index (χ2n) is 5.43. The Morgan fingerprint density at radius 1 is 1.25 bits per heavy atom. The number of halogens is 1. The molecule has 0 aliphatic rings. The highest BCUT2D eigenvalue weighted by atomic mass is 35.5. The normalized spacial score (nSPS) is 10.6. The Bertz CT molecular complexity index is 722. The van der Waals surface area contributed by atoms with E-state index in [1.807, 2.05) is 42.3 Å². The summed E-state index contributed by atoms with van der Waals surface area (Å²) in [6.07, 6.45) is 0.317. The second-order valence-corrected chi connectivity index (χ2v) is 5.84. The van der Waals surface area contributed by atoms with Gasteiger partial charge in [-0.2, -0.15) is 0 Å². The summed E-state index contributed by atoms with van der Waals surface area (Å²) in [5.74, 6) is -0.0850. The molecule has 0 unspecified atom stereocenters. The number of nitrogens with zero attached hydrogens (tertiary/aromatic N) is 2. The Labute approximate surface area is 145 Å². The molecular formula is C17H18ClN3O3. The molecule has 2 aromatic rings. The molecule has 0 aliphatic heterocycles. The quantitative estimate of drug-likeness (QED) is 0.612. The zero-order valence-electron chi connectivity index (χ0n) is 13.2. The molecule has 0 heterocycles. The first-order valence-electron chi connectivity index (χ1n) is 7.42. The van der Waals surface area contributed by atoms with Crippen molar-refractivity contribution < 1.29 is 9.72 Å². The van der Waals surface area contributed by atoms with Crippen molar-refractivity contribution >= 4 is 28.9 Å². The van der Waals surface area contributed by atoms with Gasteiger partial charge in [0, 0.05) is 42.4 Å². The smallest absolute Gasteiger partial charge is 0.269 e. The number of nitro groups is 1. The summed E-state index contributed by atoms with van der Waals surface area (Å²) in [6, 6.07) is 13.6. The maximum atomic E-state index is 11.9. The summed E-state index contributed by atoms with van der Waals surface area (Å²) in [5, 5.41) is 14.1. The Morgan fingerprint density at radius 2 is 1.96 bits per heavy atom. The van der Waals surface area contributed by atoms with Crippen LogP contribution in [0.15, 0.2) is 48.5 Å². The Morgan fingerprint density at radius 3 is 2.62 bits per heavy atom. The SMILES string of the molecule is CN(CCC(=O)Nc1ccccc1)Cc1cc([N+](=O)[O-])ccc1Cl. The van der Waals surface area contributed by atoms with Crippen molar-refractivity contribution in [3.05, 3.63) is 69.2 Å². The number of hydrogen-bond donors (Lipinski definition) is 1. The van der Waals surface area contributed by atoms with Gasteiger partial charge in [0.25, 0.3) is 5.69 Å². The van der Waals surface area contributed by atoms with E-state index in [9.17, 15) is 14.9 Å². The highest BCUT2D eigenvalue weighted by Crippen LogP contribution is 2.23. The number of anilines is 1. The molecule has 1 amide bonds. The second kappa shape index (κ2) is 8.42. The van der Waals surface area contributed by atoms with Crippen LogP contribution >= 0.6 is 11.6 Å². The van der Waals surface area contributed by atoms with Crippen molar-refractivity contribution in [2.24, 2.45) is 0 Å².